The van der Waals surface area contributed by atoms with Crippen molar-refractivity contribution in [1.29, 1.82) is 0 Å². The summed E-state index contributed by atoms with van der Waals surface area (Å²) in [6, 6.07) is 17.7. The lowest BCUT2D eigenvalue weighted by molar-refractivity contribution is 0.0774. The second-order valence-corrected chi connectivity index (χ2v) is 6.69. The number of carbonyl (C=O) groups excluding carboxylic acids is 1. The van der Waals surface area contributed by atoms with Crippen molar-refractivity contribution in [1.82, 2.24) is 19.6 Å². The second kappa shape index (κ2) is 7.07. The summed E-state index contributed by atoms with van der Waals surface area (Å²) in [5.41, 5.74) is 4.51. The molecule has 0 aliphatic rings. The maximum Gasteiger partial charge on any atom is 0.276 e. The minimum Gasteiger partial charge on any atom is -0.359 e. The minimum absolute atomic E-state index is 0.166. The van der Waals surface area contributed by atoms with Gasteiger partial charge < -0.3 is 14.0 Å². The van der Waals surface area contributed by atoms with Gasteiger partial charge in [-0.15, -0.1) is 0 Å². The molecule has 2 aromatic heterocycles. The average molecular weight is 360 g/mol. The Morgan fingerprint density at radius 2 is 1.93 bits per heavy atom. The SMILES string of the molecule is Cc1ccc(CN(C)C(=O)c2cc(Cn3cnc4ccccc43)on2)cc1. The van der Waals surface area contributed by atoms with Crippen molar-refractivity contribution in [3.63, 3.8) is 0 Å². The number of fused-ring (bicyclic) bond motifs is 1. The van der Waals surface area contributed by atoms with Crippen molar-refractivity contribution >= 4 is 16.9 Å². The van der Waals surface area contributed by atoms with Crippen LogP contribution in [0, 0.1) is 6.92 Å². The number of aromatic nitrogens is 3. The third kappa shape index (κ3) is 3.60. The summed E-state index contributed by atoms with van der Waals surface area (Å²) in [4.78, 5) is 18.6. The average Bonchev–Trinajstić information content (AvgIpc) is 3.31. The topological polar surface area (TPSA) is 64.2 Å². The second-order valence-electron chi connectivity index (χ2n) is 6.69. The van der Waals surface area contributed by atoms with Crippen LogP contribution in [0.25, 0.3) is 11.0 Å². The molecule has 0 fully saturated rings. The van der Waals surface area contributed by atoms with Crippen LogP contribution in [0.2, 0.25) is 0 Å². The van der Waals surface area contributed by atoms with Gasteiger partial charge in [-0.25, -0.2) is 4.98 Å². The van der Waals surface area contributed by atoms with E-state index in [1.165, 1.54) is 5.56 Å². The van der Waals surface area contributed by atoms with Crippen molar-refractivity contribution < 1.29 is 9.32 Å². The largest absolute Gasteiger partial charge is 0.359 e. The van der Waals surface area contributed by atoms with Crippen LogP contribution in [0.4, 0.5) is 0 Å². The molecule has 6 nitrogen and oxygen atoms in total. The first-order valence-corrected chi connectivity index (χ1v) is 8.76. The molecule has 0 spiro atoms. The van der Waals surface area contributed by atoms with Gasteiger partial charge >= 0.3 is 0 Å². The summed E-state index contributed by atoms with van der Waals surface area (Å²) in [6.45, 7) is 3.04. The van der Waals surface area contributed by atoms with Crippen molar-refractivity contribution in [2.24, 2.45) is 0 Å². The molecule has 4 rings (SSSR count). The van der Waals surface area contributed by atoms with E-state index in [9.17, 15) is 4.79 Å². The first-order chi connectivity index (χ1) is 13.1. The number of hydrogen-bond acceptors (Lipinski definition) is 4. The number of amides is 1. The van der Waals surface area contributed by atoms with Gasteiger partial charge in [0.05, 0.1) is 23.9 Å². The zero-order chi connectivity index (χ0) is 18.8. The van der Waals surface area contributed by atoms with E-state index in [4.69, 9.17) is 4.52 Å². The van der Waals surface area contributed by atoms with Gasteiger partial charge in [0.25, 0.3) is 5.91 Å². The Hall–Kier alpha value is -3.41. The standard InChI is InChI=1S/C21H20N4O2/c1-15-7-9-16(10-8-15)12-24(2)21(26)19-11-17(27-23-19)13-25-14-22-18-5-3-4-6-20(18)25/h3-11,14H,12-13H2,1-2H3. The lowest BCUT2D eigenvalue weighted by atomic mass is 10.1. The highest BCUT2D eigenvalue weighted by molar-refractivity contribution is 5.92. The van der Waals surface area contributed by atoms with E-state index >= 15 is 0 Å². The Balaban J connectivity index is 1.46. The zero-order valence-electron chi connectivity index (χ0n) is 15.3. The predicted molar refractivity (Wildman–Crippen MR) is 102 cm³/mol. The van der Waals surface area contributed by atoms with E-state index in [-0.39, 0.29) is 5.91 Å². The third-order valence-corrected chi connectivity index (χ3v) is 4.52. The summed E-state index contributed by atoms with van der Waals surface area (Å²) in [5, 5.41) is 3.95. The van der Waals surface area contributed by atoms with Crippen LogP contribution in [0.1, 0.15) is 27.4 Å². The molecule has 0 atom stereocenters. The Kier molecular flexibility index (Phi) is 4.46. The zero-order valence-corrected chi connectivity index (χ0v) is 15.3. The molecule has 2 aromatic carbocycles. The highest BCUT2D eigenvalue weighted by Gasteiger charge is 2.17. The van der Waals surface area contributed by atoms with Crippen LogP contribution in [-0.2, 0) is 13.1 Å². The normalized spacial score (nSPS) is 11.0. The molecule has 2 heterocycles. The Morgan fingerprint density at radius 1 is 1.15 bits per heavy atom. The first-order valence-electron chi connectivity index (χ1n) is 8.76. The maximum absolute atomic E-state index is 12.6. The monoisotopic (exact) mass is 360 g/mol. The van der Waals surface area contributed by atoms with Gasteiger partial charge in [0, 0.05) is 19.7 Å². The number of aryl methyl sites for hydroxylation is 1. The fourth-order valence-corrected chi connectivity index (χ4v) is 3.03. The number of para-hydroxylation sites is 2. The summed E-state index contributed by atoms with van der Waals surface area (Å²) in [5.74, 6) is 0.450. The number of hydrogen-bond donors (Lipinski definition) is 0. The molecule has 1 amide bonds. The first kappa shape index (κ1) is 17.0. The van der Waals surface area contributed by atoms with Gasteiger partial charge in [0.15, 0.2) is 11.5 Å². The van der Waals surface area contributed by atoms with Crippen molar-refractivity contribution in [3.05, 3.63) is 83.5 Å². The van der Waals surface area contributed by atoms with Crippen molar-refractivity contribution in [2.45, 2.75) is 20.0 Å². The number of rotatable bonds is 5. The summed E-state index contributed by atoms with van der Waals surface area (Å²) >= 11 is 0. The number of nitrogens with zero attached hydrogens (tertiary/aromatic N) is 4. The van der Waals surface area contributed by atoms with Gasteiger partial charge in [-0.05, 0) is 24.6 Å². The molecule has 0 aliphatic heterocycles. The van der Waals surface area contributed by atoms with Crippen LogP contribution >= 0.6 is 0 Å². The van der Waals surface area contributed by atoms with Crippen LogP contribution in [0.3, 0.4) is 0 Å². The minimum atomic E-state index is -0.166. The molecular formula is C21H20N4O2. The van der Waals surface area contributed by atoms with E-state index < -0.39 is 0 Å². The van der Waals surface area contributed by atoms with Gasteiger partial charge in [0.2, 0.25) is 0 Å². The lowest BCUT2D eigenvalue weighted by Gasteiger charge is -2.15. The Labute approximate surface area is 157 Å². The summed E-state index contributed by atoms with van der Waals surface area (Å²) in [6.07, 6.45) is 1.76. The van der Waals surface area contributed by atoms with Gasteiger partial charge in [-0.2, -0.15) is 0 Å². The summed E-state index contributed by atoms with van der Waals surface area (Å²) < 4.78 is 7.35. The van der Waals surface area contributed by atoms with E-state index in [0.29, 0.717) is 24.5 Å². The molecule has 0 bridgehead atoms. The molecular weight excluding hydrogens is 340 g/mol. The van der Waals surface area contributed by atoms with Gasteiger partial charge in [0.1, 0.15) is 0 Å². The molecule has 0 N–H and O–H groups in total. The molecule has 27 heavy (non-hydrogen) atoms. The molecule has 0 unspecified atom stereocenters. The highest BCUT2D eigenvalue weighted by Crippen LogP contribution is 2.15. The van der Waals surface area contributed by atoms with Crippen LogP contribution < -0.4 is 0 Å². The predicted octanol–water partition coefficient (Wildman–Crippen LogP) is 3.65. The van der Waals surface area contributed by atoms with Gasteiger partial charge in [-0.3, -0.25) is 4.79 Å². The number of benzene rings is 2. The van der Waals surface area contributed by atoms with Gasteiger partial charge in [-0.1, -0.05) is 47.1 Å². The van der Waals surface area contributed by atoms with E-state index in [2.05, 4.69) is 10.1 Å². The highest BCUT2D eigenvalue weighted by atomic mass is 16.5. The smallest absolute Gasteiger partial charge is 0.276 e. The van der Waals surface area contributed by atoms with E-state index in [1.54, 1.807) is 24.3 Å². The number of carbonyl (C=O) groups is 1. The van der Waals surface area contributed by atoms with Crippen LogP contribution in [0.15, 0.2) is 65.4 Å². The Morgan fingerprint density at radius 3 is 2.74 bits per heavy atom. The van der Waals surface area contributed by atoms with Crippen molar-refractivity contribution in [3.8, 4) is 0 Å². The van der Waals surface area contributed by atoms with Crippen LogP contribution in [-0.4, -0.2) is 32.6 Å². The quantitative estimate of drug-likeness (QED) is 0.545. The Bertz CT molecular complexity index is 1080. The third-order valence-electron chi connectivity index (χ3n) is 4.52. The molecule has 0 saturated heterocycles. The van der Waals surface area contributed by atoms with E-state index in [0.717, 1.165) is 16.6 Å². The lowest BCUT2D eigenvalue weighted by Crippen LogP contribution is -2.26. The molecule has 136 valence electrons. The molecule has 0 aliphatic carbocycles. The molecule has 6 heteroatoms. The molecule has 0 saturated carbocycles. The summed E-state index contributed by atoms with van der Waals surface area (Å²) in [7, 11) is 1.76. The molecule has 0 radical (unpaired) electrons. The van der Waals surface area contributed by atoms with E-state index in [1.807, 2.05) is 60.0 Å². The van der Waals surface area contributed by atoms with Crippen molar-refractivity contribution in [2.75, 3.05) is 7.05 Å². The fourth-order valence-electron chi connectivity index (χ4n) is 3.03. The fraction of sp³-hybridized carbons (Fsp3) is 0.190. The maximum atomic E-state index is 12.6. The van der Waals surface area contributed by atoms with Crippen LogP contribution in [0.5, 0.6) is 0 Å². The molecule has 4 aromatic rings. The number of imidazole rings is 1.